The zero-order chi connectivity index (χ0) is 11.9. The van der Waals surface area contributed by atoms with E-state index in [1.54, 1.807) is 4.57 Å². The minimum Gasteiger partial charge on any atom is -0.435 e. The Labute approximate surface area is 91.8 Å². The summed E-state index contributed by atoms with van der Waals surface area (Å²) in [6.45, 7) is 4.10. The third kappa shape index (κ3) is 1.44. The van der Waals surface area contributed by atoms with Crippen LogP contribution in [0.1, 0.15) is 13.8 Å². The number of fused-ring (bicyclic) bond motifs is 1. The molecular weight excluding hydrogens is 214 g/mol. The second kappa shape index (κ2) is 3.44. The molecule has 0 spiro atoms. The average Bonchev–Trinajstić information content (AvgIpc) is 2.71. The molecule has 2 rings (SSSR count). The third-order valence-corrected chi connectivity index (χ3v) is 2.97. The molecule has 1 aliphatic rings. The van der Waals surface area contributed by atoms with E-state index < -0.39 is 10.5 Å². The first kappa shape index (κ1) is 10.9. The second-order valence-electron chi connectivity index (χ2n) is 4.25. The summed E-state index contributed by atoms with van der Waals surface area (Å²) in [5.41, 5.74) is -0.711. The zero-order valence-electron chi connectivity index (χ0n) is 9.08. The number of imidazole rings is 1. The number of aromatic nitrogens is 2. The van der Waals surface area contributed by atoms with Gasteiger partial charge in [0.05, 0.1) is 13.2 Å². The molecule has 0 aliphatic carbocycles. The highest BCUT2D eigenvalue weighted by molar-refractivity contribution is 5.24. The summed E-state index contributed by atoms with van der Waals surface area (Å²) >= 11 is 0. The Bertz CT molecular complexity index is 403. The summed E-state index contributed by atoms with van der Waals surface area (Å²) in [6, 6.07) is 0.203. The Morgan fingerprint density at radius 1 is 1.81 bits per heavy atom. The van der Waals surface area contributed by atoms with Crippen molar-refractivity contribution >= 4 is 5.82 Å². The van der Waals surface area contributed by atoms with Gasteiger partial charge in [-0.1, -0.05) is 13.8 Å². The van der Waals surface area contributed by atoms with E-state index in [1.807, 2.05) is 13.8 Å². The van der Waals surface area contributed by atoms with Crippen LogP contribution in [0.4, 0.5) is 5.82 Å². The lowest BCUT2D eigenvalue weighted by Gasteiger charge is -2.28. The molecule has 0 fully saturated rings. The lowest BCUT2D eigenvalue weighted by atomic mass is 9.91. The van der Waals surface area contributed by atoms with Crippen molar-refractivity contribution in [3.8, 4) is 6.01 Å². The van der Waals surface area contributed by atoms with Gasteiger partial charge >= 0.3 is 11.8 Å². The molecule has 7 nitrogen and oxygen atoms in total. The van der Waals surface area contributed by atoms with Crippen molar-refractivity contribution in [3.05, 3.63) is 16.3 Å². The lowest BCUT2D eigenvalue weighted by molar-refractivity contribution is -0.389. The van der Waals surface area contributed by atoms with Crippen molar-refractivity contribution < 1.29 is 14.8 Å². The molecule has 1 aliphatic heterocycles. The Morgan fingerprint density at radius 3 is 2.94 bits per heavy atom. The van der Waals surface area contributed by atoms with E-state index in [-0.39, 0.29) is 24.4 Å². The van der Waals surface area contributed by atoms with Gasteiger partial charge in [0.1, 0.15) is 6.20 Å². The number of aliphatic hydroxyl groups is 1. The molecule has 7 heteroatoms. The summed E-state index contributed by atoms with van der Waals surface area (Å²) in [6.07, 6.45) is 1.33. The number of aliphatic hydroxyl groups excluding tert-OH is 1. The highest BCUT2D eigenvalue weighted by Crippen LogP contribution is 2.35. The van der Waals surface area contributed by atoms with Gasteiger partial charge in [-0.2, -0.15) is 0 Å². The van der Waals surface area contributed by atoms with Crippen LogP contribution < -0.4 is 4.74 Å². The first-order chi connectivity index (χ1) is 7.48. The van der Waals surface area contributed by atoms with E-state index in [1.165, 1.54) is 6.20 Å². The van der Waals surface area contributed by atoms with Gasteiger partial charge in [-0.3, -0.25) is 4.57 Å². The van der Waals surface area contributed by atoms with Crippen LogP contribution in [0.3, 0.4) is 0 Å². The van der Waals surface area contributed by atoms with Crippen molar-refractivity contribution in [2.75, 3.05) is 6.61 Å². The van der Waals surface area contributed by atoms with Gasteiger partial charge < -0.3 is 20.0 Å². The van der Waals surface area contributed by atoms with Crippen molar-refractivity contribution in [2.24, 2.45) is 5.92 Å². The highest BCUT2D eigenvalue weighted by atomic mass is 16.6. The van der Waals surface area contributed by atoms with Crippen LogP contribution >= 0.6 is 0 Å². The van der Waals surface area contributed by atoms with Crippen molar-refractivity contribution in [3.63, 3.8) is 0 Å². The molecule has 0 saturated carbocycles. The molecule has 1 unspecified atom stereocenters. The topological polar surface area (TPSA) is 90.4 Å². The van der Waals surface area contributed by atoms with Crippen LogP contribution in [0.15, 0.2) is 6.20 Å². The van der Waals surface area contributed by atoms with Crippen molar-refractivity contribution in [1.29, 1.82) is 0 Å². The maximum Gasteiger partial charge on any atom is 0.415 e. The Kier molecular flexibility index (Phi) is 2.34. The summed E-state index contributed by atoms with van der Waals surface area (Å²) in [4.78, 5) is 13.7. The number of hydrogen-bond donors (Lipinski definition) is 1. The van der Waals surface area contributed by atoms with Crippen LogP contribution in [0.25, 0.3) is 0 Å². The smallest absolute Gasteiger partial charge is 0.415 e. The van der Waals surface area contributed by atoms with Crippen LogP contribution in [0.5, 0.6) is 6.01 Å². The van der Waals surface area contributed by atoms with Gasteiger partial charge in [0.2, 0.25) is 0 Å². The molecule has 0 bridgehead atoms. The standard InChI is InChI=1S/C9H13N3O4/c1-6(2)9(5-13)4-11-3-7(12(14)15)10-8(11)16-9/h3,6,13H,4-5H2,1-2H3. The fraction of sp³-hybridized carbons (Fsp3) is 0.667. The first-order valence-electron chi connectivity index (χ1n) is 5.00. The summed E-state index contributed by atoms with van der Waals surface area (Å²) < 4.78 is 7.10. The van der Waals surface area contributed by atoms with E-state index in [0.717, 1.165) is 0 Å². The molecule has 0 radical (unpaired) electrons. The molecule has 0 saturated heterocycles. The third-order valence-electron chi connectivity index (χ3n) is 2.97. The monoisotopic (exact) mass is 227 g/mol. The number of ether oxygens (including phenoxy) is 1. The van der Waals surface area contributed by atoms with Gasteiger partial charge in [0.25, 0.3) is 0 Å². The van der Waals surface area contributed by atoms with Crippen LogP contribution in [-0.4, -0.2) is 31.8 Å². The number of hydrogen-bond acceptors (Lipinski definition) is 5. The molecule has 0 aromatic carbocycles. The van der Waals surface area contributed by atoms with Crippen LogP contribution in [0.2, 0.25) is 0 Å². The molecule has 88 valence electrons. The largest absolute Gasteiger partial charge is 0.435 e. The quantitative estimate of drug-likeness (QED) is 0.602. The van der Waals surface area contributed by atoms with Crippen LogP contribution in [-0.2, 0) is 6.54 Å². The zero-order valence-corrected chi connectivity index (χ0v) is 9.08. The van der Waals surface area contributed by atoms with E-state index in [2.05, 4.69) is 4.98 Å². The van der Waals surface area contributed by atoms with Gasteiger partial charge in [0, 0.05) is 4.98 Å². The summed E-state index contributed by atoms with van der Waals surface area (Å²) in [5.74, 6) is -0.136. The molecule has 1 N–H and O–H groups in total. The summed E-state index contributed by atoms with van der Waals surface area (Å²) in [5, 5.41) is 19.9. The molecule has 1 aromatic rings. The van der Waals surface area contributed by atoms with E-state index in [0.29, 0.717) is 6.54 Å². The van der Waals surface area contributed by atoms with Gasteiger partial charge in [-0.25, -0.2) is 0 Å². The molecule has 1 atom stereocenters. The fourth-order valence-electron chi connectivity index (χ4n) is 1.74. The maximum atomic E-state index is 10.5. The molecule has 0 amide bonds. The van der Waals surface area contributed by atoms with Gasteiger partial charge in [-0.05, 0) is 10.8 Å². The van der Waals surface area contributed by atoms with Gasteiger partial charge in [-0.15, -0.1) is 0 Å². The molecule has 2 heterocycles. The maximum absolute atomic E-state index is 10.5. The Hall–Kier alpha value is -1.63. The Morgan fingerprint density at radius 2 is 2.50 bits per heavy atom. The van der Waals surface area contributed by atoms with Crippen molar-refractivity contribution in [2.45, 2.75) is 26.0 Å². The molecule has 1 aromatic heterocycles. The van der Waals surface area contributed by atoms with E-state index >= 15 is 0 Å². The van der Waals surface area contributed by atoms with E-state index in [9.17, 15) is 15.2 Å². The van der Waals surface area contributed by atoms with E-state index in [4.69, 9.17) is 4.74 Å². The van der Waals surface area contributed by atoms with Crippen molar-refractivity contribution in [1.82, 2.24) is 9.55 Å². The highest BCUT2D eigenvalue weighted by Gasteiger charge is 2.45. The normalized spacial score (nSPS) is 23.2. The predicted molar refractivity (Wildman–Crippen MR) is 54.2 cm³/mol. The number of rotatable bonds is 3. The van der Waals surface area contributed by atoms with Gasteiger partial charge in [0.15, 0.2) is 5.60 Å². The minimum atomic E-state index is -0.711. The summed E-state index contributed by atoms with van der Waals surface area (Å²) in [7, 11) is 0. The number of nitro groups is 1. The lowest BCUT2D eigenvalue weighted by Crippen LogP contribution is -2.44. The molecular formula is C9H13N3O4. The van der Waals surface area contributed by atoms with Crippen LogP contribution in [0, 0.1) is 16.0 Å². The second-order valence-corrected chi connectivity index (χ2v) is 4.25. The Balaban J connectivity index is 2.28. The fourth-order valence-corrected chi connectivity index (χ4v) is 1.74. The first-order valence-corrected chi connectivity index (χ1v) is 5.00. The SMILES string of the molecule is CC(C)C1(CO)Cn2cc([N+](=O)[O-])nc2O1. The number of nitrogens with zero attached hydrogens (tertiary/aromatic N) is 3. The minimum absolute atomic E-state index is 0.0956. The predicted octanol–water partition coefficient (Wildman–Crippen LogP) is 0.571. The molecule has 16 heavy (non-hydrogen) atoms. The average molecular weight is 227 g/mol.